The van der Waals surface area contributed by atoms with Gasteiger partial charge in [0.2, 0.25) is 0 Å². The number of carbonyl (C=O) groups excluding carboxylic acids is 4. The molecular formula is C76H92N20O17. The highest BCUT2D eigenvalue weighted by molar-refractivity contribution is 5.90. The fourth-order valence-electron chi connectivity index (χ4n) is 10.1. The van der Waals surface area contributed by atoms with Crippen molar-refractivity contribution in [1.82, 2.24) is 82.4 Å². The Morgan fingerprint density at radius 1 is 0.434 bits per heavy atom. The molecule has 37 nitrogen and oxygen atoms in total. The number of aromatic carboxylic acids is 1. The zero-order valence-electron chi connectivity index (χ0n) is 66.7. The molecule has 0 fully saturated rings. The van der Waals surface area contributed by atoms with E-state index in [4.69, 9.17) is 21.3 Å². The highest BCUT2D eigenvalue weighted by Gasteiger charge is 2.23. The van der Waals surface area contributed by atoms with E-state index in [1.54, 1.807) is 109 Å². The number of aryl methyl sites for hydroxylation is 6. The predicted molar refractivity (Wildman–Crippen MR) is 419 cm³/mol. The molecule has 598 valence electrons. The summed E-state index contributed by atoms with van der Waals surface area (Å²) in [4.78, 5) is 128. The summed E-state index contributed by atoms with van der Waals surface area (Å²) in [5.41, 5.74) is 19.0. The number of aromatic nitrogens is 17. The van der Waals surface area contributed by atoms with Gasteiger partial charge in [0.1, 0.15) is 39.4 Å². The zero-order valence-corrected chi connectivity index (χ0v) is 66.7. The molecule has 0 atom stereocenters. The number of hydrogen-bond donors (Lipinski definition) is 6. The molecule has 0 aliphatic carbocycles. The van der Waals surface area contributed by atoms with Gasteiger partial charge in [-0.15, -0.1) is 0 Å². The molecule has 37 heteroatoms. The maximum Gasteiger partial charge on any atom is 0.412 e. The number of H-pyrrole nitrogens is 2. The van der Waals surface area contributed by atoms with Crippen LogP contribution in [0.1, 0.15) is 130 Å². The molecule has 1 amide bonds. The largest absolute Gasteiger partial charge is 0.477 e. The van der Waals surface area contributed by atoms with Crippen molar-refractivity contribution in [2.75, 3.05) is 38.1 Å². The van der Waals surface area contributed by atoms with E-state index in [9.17, 15) is 52.7 Å². The number of pyridine rings is 5. The molecule has 8 N–H and O–H groups in total. The van der Waals surface area contributed by atoms with E-state index in [0.29, 0.717) is 34.9 Å². The SMILES string of the molecule is COC(=O)c1cccn(-c2n[nH]c(C)c2C)c1=O.COC(=O)c1cccn(-c2nn(C)c(C)c2C)c1=O.COC(=O)c1cccoc1=O.Cc1[nH]nc(N)c1C.Cc1c(-n2cccc(C(=O)O)c2=O)nn(C)c1C.Cc1c(-n2cccc(N)c2=O)nn(C)c1C.Cc1c(-n2cccc(NC(=O)OC(C)(C)C)c2=O)nn(C)c1C. The Bertz CT molecular complexity index is 5860. The van der Waals surface area contributed by atoms with Crippen LogP contribution in [0.15, 0.2) is 143 Å². The molecule has 113 heavy (non-hydrogen) atoms. The van der Waals surface area contributed by atoms with Crippen molar-refractivity contribution in [1.29, 1.82) is 0 Å². The fourth-order valence-corrected chi connectivity index (χ4v) is 10.1. The first-order chi connectivity index (χ1) is 53.0. The van der Waals surface area contributed by atoms with Gasteiger partial charge in [-0.2, -0.15) is 30.6 Å². The van der Waals surface area contributed by atoms with Gasteiger partial charge in [0.25, 0.3) is 27.8 Å². The summed E-state index contributed by atoms with van der Waals surface area (Å²) in [7, 11) is 10.9. The number of nitrogens with two attached hydrogens (primary N) is 2. The first-order valence-electron chi connectivity index (χ1n) is 34.3. The minimum absolute atomic E-state index is 0.00675. The molecule has 0 spiro atoms. The number of methoxy groups -OCH3 is 3. The number of nitrogens with zero attached hydrogens (tertiary/aromatic N) is 15. The third-order valence-electron chi connectivity index (χ3n) is 17.7. The lowest BCUT2D eigenvalue weighted by atomic mass is 10.2. The maximum absolute atomic E-state index is 12.6. The van der Waals surface area contributed by atoms with Crippen molar-refractivity contribution in [3.63, 3.8) is 0 Å². The Balaban J connectivity index is 0.000000209. The van der Waals surface area contributed by atoms with Crippen molar-refractivity contribution >= 4 is 47.2 Å². The quantitative estimate of drug-likeness (QED) is 0.0583. The van der Waals surface area contributed by atoms with Crippen LogP contribution in [0, 0.1) is 83.1 Å². The normalized spacial score (nSPS) is 10.5. The Hall–Kier alpha value is -14.3. The van der Waals surface area contributed by atoms with E-state index >= 15 is 0 Å². The number of carbonyl (C=O) groups is 5. The highest BCUT2D eigenvalue weighted by Crippen LogP contribution is 2.20. The summed E-state index contributed by atoms with van der Waals surface area (Å²) < 4.78 is 36.7. The minimum Gasteiger partial charge on any atom is -0.477 e. The molecule has 0 radical (unpaired) electrons. The van der Waals surface area contributed by atoms with Crippen LogP contribution in [0.25, 0.3) is 29.1 Å². The minimum atomic E-state index is -1.24. The molecular weight excluding hydrogens is 1460 g/mol. The maximum atomic E-state index is 12.6. The molecule has 12 rings (SSSR count). The van der Waals surface area contributed by atoms with Gasteiger partial charge in [-0.1, -0.05) is 0 Å². The molecule has 0 saturated carbocycles. The number of esters is 3. The van der Waals surface area contributed by atoms with E-state index in [2.05, 4.69) is 64.7 Å². The highest BCUT2D eigenvalue weighted by atomic mass is 16.6. The predicted octanol–water partition coefficient (Wildman–Crippen LogP) is 7.16. The van der Waals surface area contributed by atoms with Crippen LogP contribution in [-0.4, -0.2) is 144 Å². The van der Waals surface area contributed by atoms with Gasteiger partial charge in [0, 0.05) is 127 Å². The lowest BCUT2D eigenvalue weighted by Gasteiger charge is -2.19. The lowest BCUT2D eigenvalue weighted by molar-refractivity contribution is 0.0587. The van der Waals surface area contributed by atoms with Crippen LogP contribution in [0.3, 0.4) is 0 Å². The summed E-state index contributed by atoms with van der Waals surface area (Å²) in [6, 6.07) is 18.2. The summed E-state index contributed by atoms with van der Waals surface area (Å²) in [6.45, 7) is 28.1. The molecule has 0 aromatic carbocycles. The number of carboxylic acid groups (broad SMARTS) is 1. The summed E-state index contributed by atoms with van der Waals surface area (Å²) >= 11 is 0. The Morgan fingerprint density at radius 3 is 1.10 bits per heavy atom. The number of carboxylic acids is 1. The number of rotatable bonds is 10. The van der Waals surface area contributed by atoms with Crippen LogP contribution >= 0.6 is 0 Å². The van der Waals surface area contributed by atoms with Crippen molar-refractivity contribution in [2.24, 2.45) is 28.2 Å². The standard InChI is InChI=1S/C16H22N4O3.C13H15N3O3.2C12H13N3O3.C11H14N4O.C7H6O4.C5H9N3/c1-10-11(2)19(6)18-13(10)20-9-7-8-12(14(20)21)17-15(22)23-16(3,4)5;1-8-9(2)15(3)14-11(8)16-7-5-6-10(12(16)17)13(18)19-4;1-7-8(2)14(3)13-10(7)15-6-4-5-9(11(15)16)12(17)18;1-7-8(2)13-14-10(7)15-6-4-5-9(11(15)16)12(17)18-3;1-7-8(2)14(3)13-10(7)15-6-4-5-9(12)11(15)16;1-10-6(8)5-3-2-4-11-7(5)9;1-3-4(2)7-8-5(3)6/h7-9H,1-6H3,(H,17,22);5-7H,1-4H3;4-6H,1-3H3,(H,17,18);4-6H,1-3H3,(H,13,14);4-6H,12H2,1-3H3;2-4H,1H3;1-2H3,(H3,6,7,8). The average molecular weight is 1560 g/mol. The van der Waals surface area contributed by atoms with Crippen LogP contribution in [0.2, 0.25) is 0 Å². The second-order valence-corrected chi connectivity index (χ2v) is 26.0. The average Bonchev–Trinajstić information content (AvgIpc) is 1.69. The van der Waals surface area contributed by atoms with Gasteiger partial charge in [-0.3, -0.25) is 81.0 Å². The van der Waals surface area contributed by atoms with Crippen LogP contribution < -0.4 is 50.2 Å². The van der Waals surface area contributed by atoms with Gasteiger partial charge >= 0.3 is 35.6 Å². The van der Waals surface area contributed by atoms with Crippen molar-refractivity contribution in [2.45, 2.75) is 109 Å². The topological polar surface area (TPSA) is 475 Å². The molecule has 12 heterocycles. The fraction of sp³-hybridized carbons (Fsp3) is 0.303. The van der Waals surface area contributed by atoms with Crippen LogP contribution in [0.4, 0.5) is 22.0 Å². The molecule has 0 aliphatic rings. The molecule has 0 bridgehead atoms. The smallest absolute Gasteiger partial charge is 0.412 e. The second kappa shape index (κ2) is 37.7. The number of nitrogens with one attached hydrogen (secondary N) is 3. The number of aromatic amines is 2. The van der Waals surface area contributed by atoms with E-state index < -0.39 is 57.9 Å². The molecule has 0 unspecified atom stereocenters. The van der Waals surface area contributed by atoms with Crippen LogP contribution in [0.5, 0.6) is 0 Å². The number of nitrogen functional groups attached to an aromatic ring is 2. The first-order valence-corrected chi connectivity index (χ1v) is 34.3. The zero-order chi connectivity index (χ0) is 84.5. The Morgan fingerprint density at radius 2 is 0.770 bits per heavy atom. The number of anilines is 3. The number of hydrogen-bond acceptors (Lipinski definition) is 24. The van der Waals surface area contributed by atoms with E-state index in [0.717, 1.165) is 67.5 Å². The van der Waals surface area contributed by atoms with Gasteiger partial charge in [0.05, 0.1) is 33.3 Å². The van der Waals surface area contributed by atoms with E-state index in [1.807, 2.05) is 97.2 Å². The van der Waals surface area contributed by atoms with Crippen molar-refractivity contribution < 1.29 is 52.4 Å². The summed E-state index contributed by atoms with van der Waals surface area (Å²) in [5, 5.41) is 42.0. The van der Waals surface area contributed by atoms with Crippen molar-refractivity contribution in [3.8, 4) is 29.1 Å². The third-order valence-corrected chi connectivity index (χ3v) is 17.7. The van der Waals surface area contributed by atoms with Crippen LogP contribution in [-0.2, 0) is 47.1 Å². The van der Waals surface area contributed by atoms with E-state index in [1.165, 1.54) is 99.1 Å². The molecule has 0 saturated heterocycles. The third kappa shape index (κ3) is 20.7. The Kier molecular flexibility index (Phi) is 29.2. The molecule has 0 aliphatic heterocycles. The number of amides is 1. The second-order valence-electron chi connectivity index (χ2n) is 26.0. The van der Waals surface area contributed by atoms with E-state index in [-0.39, 0.29) is 44.7 Å². The van der Waals surface area contributed by atoms with Gasteiger partial charge in [0.15, 0.2) is 29.1 Å². The Labute approximate surface area is 646 Å². The number of ether oxygens (including phenoxy) is 4. The summed E-state index contributed by atoms with van der Waals surface area (Å²) in [6.07, 6.45) is 8.51. The lowest BCUT2D eigenvalue weighted by Crippen LogP contribution is -2.30. The van der Waals surface area contributed by atoms with Gasteiger partial charge in [-0.05, 0) is 177 Å². The summed E-state index contributed by atoms with van der Waals surface area (Å²) in [5.74, 6) is 0.0349. The van der Waals surface area contributed by atoms with Gasteiger partial charge in [-0.25, -0.2) is 28.8 Å². The van der Waals surface area contributed by atoms with Crippen molar-refractivity contribution in [3.05, 3.63) is 262 Å². The molecule has 12 aromatic heterocycles. The monoisotopic (exact) mass is 1560 g/mol. The van der Waals surface area contributed by atoms with Gasteiger partial charge < -0.3 is 39.9 Å². The first kappa shape index (κ1) is 87.6. The molecule has 12 aromatic rings.